The molecule has 86 valence electrons. The van der Waals surface area contributed by atoms with Gasteiger partial charge < -0.3 is 15.0 Å². The van der Waals surface area contributed by atoms with Crippen LogP contribution in [-0.4, -0.2) is 27.9 Å². The van der Waals surface area contributed by atoms with E-state index in [1.807, 2.05) is 0 Å². The van der Waals surface area contributed by atoms with Crippen LogP contribution in [0.5, 0.6) is 0 Å². The first-order valence-corrected chi connectivity index (χ1v) is 4.65. The quantitative estimate of drug-likeness (QED) is 0.695. The van der Waals surface area contributed by atoms with E-state index < -0.39 is 23.3 Å². The number of aliphatic carboxylic acids is 2. The fourth-order valence-electron chi connectivity index (χ4n) is 1.29. The highest BCUT2D eigenvalue weighted by molar-refractivity contribution is 5.83. The number of ketones is 1. The summed E-state index contributed by atoms with van der Waals surface area (Å²) in [6.07, 6.45) is 0.150. The van der Waals surface area contributed by atoms with Crippen LogP contribution in [0.4, 0.5) is 0 Å². The molecule has 0 saturated heterocycles. The van der Waals surface area contributed by atoms with Crippen molar-refractivity contribution in [3.05, 3.63) is 0 Å². The van der Waals surface area contributed by atoms with Gasteiger partial charge in [0.25, 0.3) is 0 Å². The number of carboxylic acids is 2. The third kappa shape index (κ3) is 3.69. The van der Waals surface area contributed by atoms with Gasteiger partial charge in [0.1, 0.15) is 5.78 Å². The average molecular weight is 216 g/mol. The zero-order valence-electron chi connectivity index (χ0n) is 9.11. The fourth-order valence-corrected chi connectivity index (χ4v) is 1.29. The second-order valence-electron chi connectivity index (χ2n) is 4.16. The summed E-state index contributed by atoms with van der Waals surface area (Å²) >= 11 is 0. The molecule has 0 rings (SSSR count). The van der Waals surface area contributed by atoms with Crippen LogP contribution in [0.1, 0.15) is 33.6 Å². The molecule has 0 amide bonds. The number of hydrogen-bond donors (Lipinski definition) is 2. The van der Waals surface area contributed by atoms with Crippen molar-refractivity contribution in [2.45, 2.75) is 33.6 Å². The zero-order chi connectivity index (χ0) is 12.2. The standard InChI is InChI=1S/C10H16O5/c1-6(11)4-5-7(8(12)13)10(2,3)9(14)15/h7H,4-5H2,1-3H3,(H,12,13)(H,14,15). The Labute approximate surface area is 88.1 Å². The van der Waals surface area contributed by atoms with Crippen LogP contribution in [0, 0.1) is 11.3 Å². The van der Waals surface area contributed by atoms with Gasteiger partial charge in [-0.2, -0.15) is 0 Å². The molecule has 0 fully saturated rings. The van der Waals surface area contributed by atoms with Crippen molar-refractivity contribution < 1.29 is 24.6 Å². The van der Waals surface area contributed by atoms with E-state index in [1.165, 1.54) is 20.8 Å². The largest absolute Gasteiger partial charge is 0.481 e. The fraction of sp³-hybridized carbons (Fsp3) is 0.700. The van der Waals surface area contributed by atoms with E-state index >= 15 is 0 Å². The Morgan fingerprint density at radius 1 is 1.20 bits per heavy atom. The molecular weight excluding hydrogens is 200 g/mol. The van der Waals surface area contributed by atoms with Gasteiger partial charge >= 0.3 is 11.9 Å². The molecular formula is C10H16O5. The van der Waals surface area contributed by atoms with E-state index in [0.717, 1.165) is 0 Å². The number of rotatable bonds is 6. The van der Waals surface area contributed by atoms with Crippen molar-refractivity contribution in [1.29, 1.82) is 0 Å². The summed E-state index contributed by atoms with van der Waals surface area (Å²) in [6.45, 7) is 4.06. The van der Waals surface area contributed by atoms with Crippen LogP contribution in [0.25, 0.3) is 0 Å². The van der Waals surface area contributed by atoms with E-state index in [1.54, 1.807) is 0 Å². The summed E-state index contributed by atoms with van der Waals surface area (Å²) in [5.74, 6) is -3.52. The third-order valence-electron chi connectivity index (χ3n) is 2.51. The zero-order valence-corrected chi connectivity index (χ0v) is 9.11. The minimum absolute atomic E-state index is 0.0595. The van der Waals surface area contributed by atoms with Crippen molar-refractivity contribution in [2.75, 3.05) is 0 Å². The topological polar surface area (TPSA) is 91.7 Å². The molecule has 5 nitrogen and oxygen atoms in total. The Hall–Kier alpha value is -1.39. The molecule has 2 N–H and O–H groups in total. The summed E-state index contributed by atoms with van der Waals surface area (Å²) < 4.78 is 0. The van der Waals surface area contributed by atoms with Gasteiger partial charge in [0.05, 0.1) is 11.3 Å². The summed E-state index contributed by atoms with van der Waals surface area (Å²) in [5, 5.41) is 17.8. The van der Waals surface area contributed by atoms with Gasteiger partial charge in [-0.15, -0.1) is 0 Å². The van der Waals surface area contributed by atoms with Gasteiger partial charge in [-0.05, 0) is 27.2 Å². The number of hydrogen-bond acceptors (Lipinski definition) is 3. The maximum atomic E-state index is 10.9. The Morgan fingerprint density at radius 2 is 1.67 bits per heavy atom. The van der Waals surface area contributed by atoms with E-state index in [9.17, 15) is 14.4 Å². The molecule has 0 radical (unpaired) electrons. The minimum Gasteiger partial charge on any atom is -0.481 e. The van der Waals surface area contributed by atoms with Gasteiger partial charge in [-0.1, -0.05) is 0 Å². The predicted octanol–water partition coefficient (Wildman–Crippen LogP) is 1.17. The Kier molecular flexibility index (Phi) is 4.45. The van der Waals surface area contributed by atoms with Crippen LogP contribution in [0.2, 0.25) is 0 Å². The Morgan fingerprint density at radius 3 is 1.93 bits per heavy atom. The molecule has 0 aliphatic carbocycles. The van der Waals surface area contributed by atoms with Crippen LogP contribution in [0.3, 0.4) is 0 Å². The van der Waals surface area contributed by atoms with Gasteiger partial charge in [0.2, 0.25) is 0 Å². The molecule has 0 aromatic rings. The lowest BCUT2D eigenvalue weighted by Gasteiger charge is -2.26. The molecule has 0 aliphatic rings. The molecule has 15 heavy (non-hydrogen) atoms. The number of carbonyl (C=O) groups excluding carboxylic acids is 1. The summed E-state index contributed by atoms with van der Waals surface area (Å²) in [7, 11) is 0. The lowest BCUT2D eigenvalue weighted by Crippen LogP contribution is -2.38. The van der Waals surface area contributed by atoms with Crippen molar-refractivity contribution in [3.63, 3.8) is 0 Å². The molecule has 0 bridgehead atoms. The van der Waals surface area contributed by atoms with Crippen LogP contribution < -0.4 is 0 Å². The first-order valence-electron chi connectivity index (χ1n) is 4.65. The van der Waals surface area contributed by atoms with E-state index in [2.05, 4.69) is 0 Å². The monoisotopic (exact) mass is 216 g/mol. The molecule has 0 aliphatic heterocycles. The average Bonchev–Trinajstić information content (AvgIpc) is 2.01. The lowest BCUT2D eigenvalue weighted by atomic mass is 9.76. The maximum Gasteiger partial charge on any atom is 0.309 e. The summed E-state index contributed by atoms with van der Waals surface area (Å²) in [6, 6.07) is 0. The highest BCUT2D eigenvalue weighted by Gasteiger charge is 2.41. The highest BCUT2D eigenvalue weighted by Crippen LogP contribution is 2.31. The normalized spacial score (nSPS) is 13.3. The van der Waals surface area contributed by atoms with Crippen LogP contribution >= 0.6 is 0 Å². The van der Waals surface area contributed by atoms with Gasteiger partial charge in [0, 0.05) is 6.42 Å². The Bertz CT molecular complexity index is 280. The van der Waals surface area contributed by atoms with Crippen LogP contribution in [-0.2, 0) is 14.4 Å². The smallest absolute Gasteiger partial charge is 0.309 e. The second-order valence-corrected chi connectivity index (χ2v) is 4.16. The number of Topliss-reactive ketones (excluding diaryl/α,β-unsaturated/α-hetero) is 1. The first kappa shape index (κ1) is 13.6. The van der Waals surface area contributed by atoms with E-state index in [4.69, 9.17) is 10.2 Å². The van der Waals surface area contributed by atoms with Crippen molar-refractivity contribution in [2.24, 2.45) is 11.3 Å². The molecule has 1 atom stereocenters. The molecule has 5 heteroatoms. The lowest BCUT2D eigenvalue weighted by molar-refractivity contribution is -0.160. The molecule has 0 aromatic heterocycles. The molecule has 0 heterocycles. The predicted molar refractivity (Wildman–Crippen MR) is 52.5 cm³/mol. The van der Waals surface area contributed by atoms with Crippen molar-refractivity contribution in [1.82, 2.24) is 0 Å². The van der Waals surface area contributed by atoms with E-state index in [-0.39, 0.29) is 18.6 Å². The summed E-state index contributed by atoms with van der Waals surface area (Å²) in [4.78, 5) is 32.5. The Balaban J connectivity index is 4.74. The summed E-state index contributed by atoms with van der Waals surface area (Å²) in [5.41, 5.74) is -1.36. The molecule has 0 spiro atoms. The second kappa shape index (κ2) is 4.91. The minimum atomic E-state index is -1.36. The van der Waals surface area contributed by atoms with Crippen molar-refractivity contribution in [3.8, 4) is 0 Å². The van der Waals surface area contributed by atoms with Gasteiger partial charge in [-0.25, -0.2) is 0 Å². The molecule has 0 aromatic carbocycles. The SMILES string of the molecule is CC(=O)CCC(C(=O)O)C(C)(C)C(=O)O. The van der Waals surface area contributed by atoms with Gasteiger partial charge in [-0.3, -0.25) is 9.59 Å². The van der Waals surface area contributed by atoms with E-state index in [0.29, 0.717) is 0 Å². The highest BCUT2D eigenvalue weighted by atomic mass is 16.4. The first-order chi connectivity index (χ1) is 6.69. The molecule has 0 saturated carbocycles. The third-order valence-corrected chi connectivity index (χ3v) is 2.51. The van der Waals surface area contributed by atoms with Gasteiger partial charge in [0.15, 0.2) is 0 Å². The number of carbonyl (C=O) groups is 3. The maximum absolute atomic E-state index is 10.9. The van der Waals surface area contributed by atoms with Crippen molar-refractivity contribution >= 4 is 17.7 Å². The number of carboxylic acid groups (broad SMARTS) is 2. The van der Waals surface area contributed by atoms with Crippen LogP contribution in [0.15, 0.2) is 0 Å². The molecule has 1 unspecified atom stereocenters.